The van der Waals surface area contributed by atoms with Crippen LogP contribution in [-0.4, -0.2) is 47.2 Å². The Bertz CT molecular complexity index is 1040. The van der Waals surface area contributed by atoms with Crippen LogP contribution < -0.4 is 10.5 Å². The first-order valence-electron chi connectivity index (χ1n) is 10.4. The van der Waals surface area contributed by atoms with Crippen molar-refractivity contribution in [3.8, 4) is 5.75 Å². The number of alkyl halides is 3. The van der Waals surface area contributed by atoms with E-state index in [9.17, 15) is 22.4 Å². The van der Waals surface area contributed by atoms with E-state index in [1.54, 1.807) is 12.1 Å². The molecule has 0 saturated carbocycles. The number of carbonyl (C=O) groups excluding carboxylic acids is 1. The number of ether oxygens (including phenoxy) is 1. The lowest BCUT2D eigenvalue weighted by Gasteiger charge is -2.40. The highest BCUT2D eigenvalue weighted by molar-refractivity contribution is 6.32. The first kappa shape index (κ1) is 23.4. The van der Waals surface area contributed by atoms with E-state index in [2.05, 4.69) is 9.64 Å². The molecule has 2 aliphatic heterocycles. The quantitative estimate of drug-likeness (QED) is 0.375. The number of fused-ring (bicyclic) bond motifs is 2. The zero-order valence-corrected chi connectivity index (χ0v) is 18.2. The molecule has 2 aliphatic rings. The summed E-state index contributed by atoms with van der Waals surface area (Å²) < 4.78 is 54.8. The number of hydrogen-bond acceptors (Lipinski definition) is 4. The van der Waals surface area contributed by atoms with Crippen LogP contribution in [0.15, 0.2) is 42.5 Å². The Labute approximate surface area is 193 Å². The van der Waals surface area contributed by atoms with Crippen LogP contribution in [0.2, 0.25) is 5.02 Å². The maximum atomic E-state index is 13.1. The molecular weight excluding hydrogens is 462 g/mol. The summed E-state index contributed by atoms with van der Waals surface area (Å²) in [6.45, 7) is 2.06. The van der Waals surface area contributed by atoms with Crippen LogP contribution in [0.5, 0.6) is 5.75 Å². The predicted octanol–water partition coefficient (Wildman–Crippen LogP) is 4.85. The van der Waals surface area contributed by atoms with E-state index >= 15 is 0 Å². The summed E-state index contributed by atoms with van der Waals surface area (Å²) in [7, 11) is 0. The number of carbonyl (C=O) groups is 1. The number of piperazine rings is 1. The third-order valence-corrected chi connectivity index (χ3v) is 6.20. The van der Waals surface area contributed by atoms with Gasteiger partial charge in [0.2, 0.25) is 5.91 Å². The van der Waals surface area contributed by atoms with Gasteiger partial charge < -0.3 is 15.4 Å². The van der Waals surface area contributed by atoms with Crippen LogP contribution in [0, 0.1) is 5.82 Å². The lowest BCUT2D eigenvalue weighted by molar-refractivity contribution is -0.274. The molecule has 0 aromatic heterocycles. The third-order valence-electron chi connectivity index (χ3n) is 5.90. The van der Waals surface area contributed by atoms with Crippen molar-refractivity contribution < 1.29 is 27.1 Å². The number of likely N-dealkylation sites (tertiary alicyclic amines) is 1. The Morgan fingerprint density at radius 1 is 1.15 bits per heavy atom. The van der Waals surface area contributed by atoms with E-state index in [-0.39, 0.29) is 40.1 Å². The van der Waals surface area contributed by atoms with Gasteiger partial charge in [-0.25, -0.2) is 4.39 Å². The molecule has 2 heterocycles. The second-order valence-corrected chi connectivity index (χ2v) is 8.65. The molecule has 2 bridgehead atoms. The maximum Gasteiger partial charge on any atom is 0.573 e. The molecule has 0 radical (unpaired) electrons. The number of rotatable bonds is 5. The molecule has 2 N–H and O–H groups in total. The van der Waals surface area contributed by atoms with Crippen molar-refractivity contribution in [1.29, 1.82) is 0 Å². The molecular formula is C23H22ClF4N3O2. The van der Waals surface area contributed by atoms with Crippen LogP contribution in [0.1, 0.15) is 24.0 Å². The molecule has 10 heteroatoms. The molecule has 2 fully saturated rings. The molecule has 5 nitrogen and oxygen atoms in total. The van der Waals surface area contributed by atoms with Gasteiger partial charge in [-0.3, -0.25) is 9.69 Å². The summed E-state index contributed by atoms with van der Waals surface area (Å²) in [4.78, 5) is 17.0. The molecule has 2 saturated heterocycles. The summed E-state index contributed by atoms with van der Waals surface area (Å²) in [6, 6.07) is 8.66. The van der Waals surface area contributed by atoms with Gasteiger partial charge in [-0.2, -0.15) is 0 Å². The number of nitrogens with two attached hydrogens (primary N) is 1. The summed E-state index contributed by atoms with van der Waals surface area (Å²) in [5, 5.41) is -0.274. The summed E-state index contributed by atoms with van der Waals surface area (Å²) in [6.07, 6.45) is -0.462. The van der Waals surface area contributed by atoms with Gasteiger partial charge in [-0.1, -0.05) is 23.7 Å². The lowest BCUT2D eigenvalue weighted by atomic mass is 10.1. The largest absolute Gasteiger partial charge is 0.573 e. The first-order valence-corrected chi connectivity index (χ1v) is 10.8. The van der Waals surface area contributed by atoms with Crippen LogP contribution in [0.4, 0.5) is 23.2 Å². The first-order chi connectivity index (χ1) is 15.6. The SMILES string of the molecule is Nc1cc(Cl)c(OC(F)(F)F)cc1C=CC(=O)N1C2CCC1CN(Cc1ccc(F)cc1)C2. The van der Waals surface area contributed by atoms with Crippen LogP contribution >= 0.6 is 11.6 Å². The Hall–Kier alpha value is -2.78. The fraction of sp³-hybridized carbons (Fsp3) is 0.348. The second-order valence-electron chi connectivity index (χ2n) is 8.24. The Morgan fingerprint density at radius 3 is 2.39 bits per heavy atom. The minimum absolute atomic E-state index is 0.0352. The minimum atomic E-state index is -4.90. The number of anilines is 1. The fourth-order valence-corrected chi connectivity index (χ4v) is 4.72. The van der Waals surface area contributed by atoms with Crippen molar-refractivity contribution in [3.05, 3.63) is 64.4 Å². The summed E-state index contributed by atoms with van der Waals surface area (Å²) >= 11 is 5.79. The highest BCUT2D eigenvalue weighted by atomic mass is 35.5. The van der Waals surface area contributed by atoms with Crippen molar-refractivity contribution in [1.82, 2.24) is 9.80 Å². The highest BCUT2D eigenvalue weighted by Crippen LogP contribution is 2.35. The number of nitrogens with zero attached hydrogens (tertiary/aromatic N) is 2. The van der Waals surface area contributed by atoms with Crippen molar-refractivity contribution >= 4 is 29.3 Å². The number of nitrogen functional groups attached to an aromatic ring is 1. The molecule has 2 aromatic carbocycles. The summed E-state index contributed by atoms with van der Waals surface area (Å²) in [5.41, 5.74) is 7.20. The highest BCUT2D eigenvalue weighted by Gasteiger charge is 2.41. The maximum absolute atomic E-state index is 13.1. The van der Waals surface area contributed by atoms with Crippen molar-refractivity contribution in [2.45, 2.75) is 37.8 Å². The van der Waals surface area contributed by atoms with Crippen LogP contribution in [0.3, 0.4) is 0 Å². The van der Waals surface area contributed by atoms with Gasteiger partial charge >= 0.3 is 6.36 Å². The third kappa shape index (κ3) is 5.59. The van der Waals surface area contributed by atoms with Gasteiger partial charge in [0, 0.05) is 49.0 Å². The Morgan fingerprint density at radius 2 is 1.79 bits per heavy atom. The van der Waals surface area contributed by atoms with E-state index in [0.717, 1.165) is 30.5 Å². The molecule has 2 atom stereocenters. The van der Waals surface area contributed by atoms with Crippen molar-refractivity contribution in [2.75, 3.05) is 18.8 Å². The van der Waals surface area contributed by atoms with Gasteiger partial charge in [0.15, 0.2) is 0 Å². The Balaban J connectivity index is 1.43. The fourth-order valence-electron chi connectivity index (χ4n) is 4.51. The van der Waals surface area contributed by atoms with E-state index in [1.807, 2.05) is 4.90 Å². The monoisotopic (exact) mass is 483 g/mol. The number of halogens is 5. The molecule has 33 heavy (non-hydrogen) atoms. The lowest BCUT2D eigenvalue weighted by Crippen LogP contribution is -2.55. The molecule has 4 rings (SSSR count). The second kappa shape index (κ2) is 9.23. The van der Waals surface area contributed by atoms with Crippen molar-refractivity contribution in [3.63, 3.8) is 0 Å². The Kier molecular flexibility index (Phi) is 6.54. The van der Waals surface area contributed by atoms with Gasteiger partial charge in [0.1, 0.15) is 11.6 Å². The van der Waals surface area contributed by atoms with Gasteiger partial charge in [-0.05, 0) is 48.7 Å². The van der Waals surface area contributed by atoms with E-state index in [4.69, 9.17) is 17.3 Å². The average Bonchev–Trinajstić information content (AvgIpc) is 3.00. The van der Waals surface area contributed by atoms with E-state index in [0.29, 0.717) is 19.6 Å². The van der Waals surface area contributed by atoms with Crippen LogP contribution in [-0.2, 0) is 11.3 Å². The molecule has 1 amide bonds. The van der Waals surface area contributed by atoms with Gasteiger partial charge in [-0.15, -0.1) is 13.2 Å². The number of amides is 1. The van der Waals surface area contributed by atoms with Crippen molar-refractivity contribution in [2.24, 2.45) is 0 Å². The molecule has 0 spiro atoms. The van der Waals surface area contributed by atoms with Crippen LogP contribution in [0.25, 0.3) is 6.08 Å². The smallest absolute Gasteiger partial charge is 0.404 e. The standard InChI is InChI=1S/C23H22ClF4N3O2/c24-19-10-20(29)15(9-21(19)33-23(26,27)28)3-8-22(32)31-17-6-7-18(31)13-30(12-17)11-14-1-4-16(25)5-2-14/h1-5,8-10,17-18H,6-7,11-13,29H2. The molecule has 2 aromatic rings. The summed E-state index contributed by atoms with van der Waals surface area (Å²) in [5.74, 6) is -1.09. The minimum Gasteiger partial charge on any atom is -0.404 e. The number of hydrogen-bond donors (Lipinski definition) is 1. The van der Waals surface area contributed by atoms with Gasteiger partial charge in [0.25, 0.3) is 0 Å². The molecule has 0 aliphatic carbocycles. The molecule has 2 unspecified atom stereocenters. The topological polar surface area (TPSA) is 58.8 Å². The van der Waals surface area contributed by atoms with E-state index in [1.165, 1.54) is 24.3 Å². The zero-order chi connectivity index (χ0) is 23.8. The molecule has 176 valence electrons. The number of benzene rings is 2. The van der Waals surface area contributed by atoms with E-state index < -0.39 is 12.1 Å². The average molecular weight is 484 g/mol. The van der Waals surface area contributed by atoms with Gasteiger partial charge in [0.05, 0.1) is 5.02 Å². The predicted molar refractivity (Wildman–Crippen MR) is 117 cm³/mol. The zero-order valence-electron chi connectivity index (χ0n) is 17.5. The normalized spacial score (nSPS) is 21.1.